The Hall–Kier alpha value is -3.77. The van der Waals surface area contributed by atoms with Gasteiger partial charge in [0.2, 0.25) is 0 Å². The standard InChI is InChI=1S/C6H11NO2.2C4H4O4.C4H8.H3N/c1-5(2)6(8)9-4-3-7;2*5-3(6)1-2-4(7)8;1-3-4-2;/h1,3-4,7H2,2H3;2*1-2H,(H,5,6)(H,7,8);3H,1,4H2,2H3;1H3/p-1/b;2*2-1-;;. The average molecular weight is 433 g/mol. The molecule has 0 aliphatic carbocycles. The van der Waals surface area contributed by atoms with Gasteiger partial charge in [-0.2, -0.15) is 0 Å². The predicted molar refractivity (Wildman–Crippen MR) is 107 cm³/mol. The number of esters is 1. The van der Waals surface area contributed by atoms with E-state index in [-0.39, 0.29) is 18.7 Å². The molecule has 12 heteroatoms. The highest BCUT2D eigenvalue weighted by Gasteiger charge is 1.99. The fraction of sp³-hybridized carbons (Fsp3) is 0.278. The van der Waals surface area contributed by atoms with Crippen molar-refractivity contribution in [1.82, 2.24) is 6.15 Å². The second-order valence-electron chi connectivity index (χ2n) is 4.40. The summed E-state index contributed by atoms with van der Waals surface area (Å²) in [7, 11) is 0. The van der Waals surface area contributed by atoms with Crippen LogP contribution in [0.4, 0.5) is 0 Å². The van der Waals surface area contributed by atoms with Crippen LogP contribution in [0.2, 0.25) is 0 Å². The summed E-state index contributed by atoms with van der Waals surface area (Å²) in [6.45, 7) is 11.2. The molecule has 0 unspecified atom stereocenters. The molecule has 8 N–H and O–H groups in total. The number of hydrogen-bond donors (Lipinski definition) is 5. The third kappa shape index (κ3) is 56.4. The molecule has 0 aromatic carbocycles. The molecule has 12 nitrogen and oxygen atoms in total. The van der Waals surface area contributed by atoms with Crippen molar-refractivity contribution < 1.29 is 49.1 Å². The molecule has 0 rings (SSSR count). The van der Waals surface area contributed by atoms with E-state index in [0.29, 0.717) is 36.4 Å². The van der Waals surface area contributed by atoms with E-state index in [1.54, 1.807) is 6.92 Å². The van der Waals surface area contributed by atoms with E-state index in [0.717, 1.165) is 6.42 Å². The molecule has 0 aromatic rings. The maximum atomic E-state index is 10.5. The van der Waals surface area contributed by atoms with Gasteiger partial charge in [-0.15, -0.1) is 6.58 Å². The molecule has 0 bridgehead atoms. The molecule has 0 saturated carbocycles. The van der Waals surface area contributed by atoms with E-state index in [9.17, 15) is 29.1 Å². The van der Waals surface area contributed by atoms with E-state index in [4.69, 9.17) is 21.1 Å². The highest BCUT2D eigenvalue weighted by atomic mass is 16.5. The first-order valence-electron chi connectivity index (χ1n) is 7.75. The Balaban J connectivity index is -0.0000000944. The summed E-state index contributed by atoms with van der Waals surface area (Å²) in [6, 6.07) is 0. The molecule has 172 valence electrons. The van der Waals surface area contributed by atoms with Gasteiger partial charge in [-0.25, -0.2) is 19.2 Å². The molecule has 0 amide bonds. The first kappa shape index (κ1) is 37.0. The lowest BCUT2D eigenvalue weighted by Crippen LogP contribution is -2.19. The van der Waals surface area contributed by atoms with Crippen LogP contribution < -0.4 is 17.0 Å². The van der Waals surface area contributed by atoms with Crippen molar-refractivity contribution in [3.8, 4) is 0 Å². The fourth-order valence-corrected chi connectivity index (χ4v) is 0.557. The lowest BCUT2D eigenvalue weighted by Gasteiger charge is -1.99. The van der Waals surface area contributed by atoms with Crippen molar-refractivity contribution in [3.05, 3.63) is 49.1 Å². The molecule has 30 heavy (non-hydrogen) atoms. The van der Waals surface area contributed by atoms with Crippen LogP contribution in [0.3, 0.4) is 0 Å². The minimum Gasteiger partial charge on any atom is -0.545 e. The van der Waals surface area contributed by atoms with Crippen LogP contribution in [0.5, 0.6) is 0 Å². The number of carboxylic acid groups (broad SMARTS) is 4. The average Bonchev–Trinajstić information content (AvgIpc) is 2.63. The highest BCUT2D eigenvalue weighted by Crippen LogP contribution is 1.89. The van der Waals surface area contributed by atoms with Crippen molar-refractivity contribution in [3.63, 3.8) is 0 Å². The first-order valence-corrected chi connectivity index (χ1v) is 7.75. The highest BCUT2D eigenvalue weighted by molar-refractivity contribution is 5.89. The van der Waals surface area contributed by atoms with Gasteiger partial charge < -0.3 is 41.8 Å². The second kappa shape index (κ2) is 27.4. The lowest BCUT2D eigenvalue weighted by atomic mass is 10.4. The number of aliphatic carboxylic acids is 4. The van der Waals surface area contributed by atoms with Gasteiger partial charge in [0.05, 0.1) is 5.97 Å². The smallest absolute Gasteiger partial charge is 0.333 e. The SMILES string of the molecule is C=C(C)C(=O)OCCN.C=CCC.N.O=C(O)/C=C\C(=O)O.O=C([O-])/C=C\C(=O)O. The van der Waals surface area contributed by atoms with Gasteiger partial charge in [0.15, 0.2) is 0 Å². The molecule has 0 atom stereocenters. The summed E-state index contributed by atoms with van der Waals surface area (Å²) < 4.78 is 4.59. The number of hydrogen-bond acceptors (Lipinski definition) is 9. The summed E-state index contributed by atoms with van der Waals surface area (Å²) >= 11 is 0. The van der Waals surface area contributed by atoms with E-state index >= 15 is 0 Å². The lowest BCUT2D eigenvalue weighted by molar-refractivity contribution is -0.297. The maximum Gasteiger partial charge on any atom is 0.333 e. The summed E-state index contributed by atoms with van der Waals surface area (Å²) in [5, 5.41) is 32.9. The van der Waals surface area contributed by atoms with Gasteiger partial charge in [-0.05, 0) is 19.4 Å². The van der Waals surface area contributed by atoms with E-state index in [2.05, 4.69) is 24.8 Å². The molecule has 0 radical (unpaired) electrons. The molecule has 0 saturated heterocycles. The van der Waals surface area contributed by atoms with Crippen LogP contribution in [0.25, 0.3) is 0 Å². The van der Waals surface area contributed by atoms with Crippen LogP contribution in [-0.2, 0) is 28.7 Å². The van der Waals surface area contributed by atoms with Gasteiger partial charge in [0.1, 0.15) is 6.61 Å². The zero-order valence-corrected chi connectivity index (χ0v) is 16.9. The topological polar surface area (TPSA) is 239 Å². The largest absolute Gasteiger partial charge is 0.545 e. The Morgan fingerprint density at radius 1 is 0.967 bits per heavy atom. The summed E-state index contributed by atoms with van der Waals surface area (Å²) in [5.41, 5.74) is 5.48. The fourth-order valence-electron chi connectivity index (χ4n) is 0.557. The third-order valence-electron chi connectivity index (χ3n) is 1.72. The molecule has 0 aliphatic heterocycles. The molecular weight excluding hydrogens is 404 g/mol. The Bertz CT molecular complexity index is 544. The summed E-state index contributed by atoms with van der Waals surface area (Å²) in [5.74, 6) is -5.69. The van der Waals surface area contributed by atoms with E-state index < -0.39 is 23.9 Å². The van der Waals surface area contributed by atoms with Gasteiger partial charge in [-0.1, -0.05) is 19.6 Å². The first-order chi connectivity index (χ1) is 13.3. The number of carbonyl (C=O) groups is 5. The van der Waals surface area contributed by atoms with Crippen molar-refractivity contribution >= 4 is 29.8 Å². The van der Waals surface area contributed by atoms with Gasteiger partial charge in [0.25, 0.3) is 0 Å². The van der Waals surface area contributed by atoms with Crippen LogP contribution in [-0.4, -0.2) is 58.3 Å². The zero-order chi connectivity index (χ0) is 23.8. The normalized spacial score (nSPS) is 8.50. The van der Waals surface area contributed by atoms with Gasteiger partial charge >= 0.3 is 23.9 Å². The van der Waals surface area contributed by atoms with E-state index in [1.807, 2.05) is 6.08 Å². The number of nitrogens with two attached hydrogens (primary N) is 1. The number of allylic oxidation sites excluding steroid dienone is 1. The Kier molecular flexibility index (Phi) is 33.9. The third-order valence-corrected chi connectivity index (χ3v) is 1.72. The van der Waals surface area contributed by atoms with Crippen LogP contribution in [0, 0.1) is 0 Å². The van der Waals surface area contributed by atoms with Crippen molar-refractivity contribution in [2.45, 2.75) is 20.3 Å². The molecule has 0 fully saturated rings. The Labute approximate surface area is 174 Å². The number of carboxylic acids is 4. The van der Waals surface area contributed by atoms with Crippen LogP contribution >= 0.6 is 0 Å². The summed E-state index contributed by atoms with van der Waals surface area (Å²) in [4.78, 5) is 48.6. The van der Waals surface area contributed by atoms with E-state index in [1.165, 1.54) is 0 Å². The molecule has 0 heterocycles. The summed E-state index contributed by atoms with van der Waals surface area (Å²) in [6.07, 6.45) is 5.02. The van der Waals surface area contributed by atoms with Crippen molar-refractivity contribution in [2.24, 2.45) is 5.73 Å². The van der Waals surface area contributed by atoms with Crippen LogP contribution in [0.1, 0.15) is 20.3 Å². The monoisotopic (exact) mass is 433 g/mol. The molecule has 0 aromatic heterocycles. The zero-order valence-electron chi connectivity index (χ0n) is 16.9. The second-order valence-corrected chi connectivity index (χ2v) is 4.40. The Morgan fingerprint density at radius 3 is 1.47 bits per heavy atom. The minimum atomic E-state index is -1.51. The van der Waals surface area contributed by atoms with Gasteiger partial charge in [-0.3, -0.25) is 0 Å². The maximum absolute atomic E-state index is 10.5. The molecular formula is C18H29N2O10-. The molecule has 0 spiro atoms. The number of ether oxygens (including phenoxy) is 1. The van der Waals surface area contributed by atoms with Crippen LogP contribution in [0.15, 0.2) is 49.1 Å². The quantitative estimate of drug-likeness (QED) is 0.191. The Morgan fingerprint density at radius 2 is 1.30 bits per heavy atom. The number of carbonyl (C=O) groups excluding carboxylic acids is 2. The predicted octanol–water partition coefficient (Wildman–Crippen LogP) is -0.102. The van der Waals surface area contributed by atoms with Crippen molar-refractivity contribution in [1.29, 1.82) is 0 Å². The van der Waals surface area contributed by atoms with Crippen molar-refractivity contribution in [2.75, 3.05) is 13.2 Å². The molecule has 0 aliphatic rings. The minimum absolute atomic E-state index is 0. The van der Waals surface area contributed by atoms with Gasteiger partial charge in [0, 0.05) is 30.3 Å². The number of rotatable bonds is 8.